The van der Waals surface area contributed by atoms with Crippen LogP contribution in [0.1, 0.15) is 47.3 Å². The molecule has 40 heavy (non-hydrogen) atoms. The first kappa shape index (κ1) is 27.8. The molecule has 1 aromatic heterocycles. The first-order valence-electron chi connectivity index (χ1n) is 13.2. The van der Waals surface area contributed by atoms with Gasteiger partial charge in [-0.3, -0.25) is 9.59 Å². The van der Waals surface area contributed by atoms with Gasteiger partial charge in [0.15, 0.2) is 0 Å². The minimum atomic E-state index is -0.763. The van der Waals surface area contributed by atoms with E-state index >= 15 is 0 Å². The van der Waals surface area contributed by atoms with E-state index in [0.29, 0.717) is 58.9 Å². The molecule has 3 heterocycles. The van der Waals surface area contributed by atoms with E-state index in [4.69, 9.17) is 21.1 Å². The number of amides is 2. The molecule has 2 atom stereocenters. The number of nitrogens with zero attached hydrogens (tertiary/aromatic N) is 3. The van der Waals surface area contributed by atoms with Crippen molar-refractivity contribution in [3.63, 3.8) is 0 Å². The van der Waals surface area contributed by atoms with Crippen LogP contribution in [-0.2, 0) is 16.1 Å². The molecule has 10 nitrogen and oxygen atoms in total. The van der Waals surface area contributed by atoms with E-state index in [1.807, 2.05) is 12.1 Å². The second-order valence-corrected chi connectivity index (χ2v) is 10.3. The number of hydrogen-bond donors (Lipinski definition) is 3. The Hall–Kier alpha value is -3.73. The average Bonchev–Trinajstić information content (AvgIpc) is 3.32. The first-order chi connectivity index (χ1) is 19.4. The lowest BCUT2D eigenvalue weighted by atomic mass is 10.0. The van der Waals surface area contributed by atoms with Crippen LogP contribution in [0.2, 0.25) is 5.02 Å². The van der Waals surface area contributed by atoms with Crippen molar-refractivity contribution in [2.75, 3.05) is 32.2 Å². The van der Waals surface area contributed by atoms with E-state index in [1.165, 1.54) is 4.90 Å². The highest BCUT2D eigenvalue weighted by Crippen LogP contribution is 2.32. The summed E-state index contributed by atoms with van der Waals surface area (Å²) in [7, 11) is 1.55. The van der Waals surface area contributed by atoms with Gasteiger partial charge >= 0.3 is 0 Å². The Morgan fingerprint density at radius 1 is 1.25 bits per heavy atom. The molecule has 3 aromatic rings. The molecule has 5 rings (SSSR count). The van der Waals surface area contributed by atoms with Crippen molar-refractivity contribution in [3.8, 4) is 17.0 Å². The highest BCUT2D eigenvalue weighted by atomic mass is 35.5. The molecule has 3 N–H and O–H groups in total. The average molecular weight is 566 g/mol. The maximum Gasteiger partial charge on any atom is 0.255 e. The van der Waals surface area contributed by atoms with Gasteiger partial charge in [-0.15, -0.1) is 0 Å². The van der Waals surface area contributed by atoms with Crippen LogP contribution in [0.5, 0.6) is 5.75 Å². The van der Waals surface area contributed by atoms with Crippen LogP contribution in [0.25, 0.3) is 11.3 Å². The number of benzene rings is 2. The minimum absolute atomic E-state index is 0.222. The summed E-state index contributed by atoms with van der Waals surface area (Å²) in [5.74, 6) is 0.465. The maximum absolute atomic E-state index is 13.4. The molecule has 2 aliphatic rings. The topological polar surface area (TPSA) is 126 Å². The van der Waals surface area contributed by atoms with Crippen molar-refractivity contribution < 1.29 is 24.2 Å². The number of halogens is 1. The van der Waals surface area contributed by atoms with Crippen molar-refractivity contribution >= 4 is 29.4 Å². The molecule has 2 amide bonds. The van der Waals surface area contributed by atoms with Gasteiger partial charge < -0.3 is 30.1 Å². The summed E-state index contributed by atoms with van der Waals surface area (Å²) in [6.07, 6.45) is 3.29. The van der Waals surface area contributed by atoms with Gasteiger partial charge in [0, 0.05) is 36.9 Å². The molecule has 11 heteroatoms. The van der Waals surface area contributed by atoms with Gasteiger partial charge in [0.2, 0.25) is 11.9 Å². The maximum atomic E-state index is 13.4. The van der Waals surface area contributed by atoms with Crippen molar-refractivity contribution in [2.45, 2.75) is 44.4 Å². The van der Waals surface area contributed by atoms with Crippen LogP contribution in [0.15, 0.2) is 48.7 Å². The van der Waals surface area contributed by atoms with Crippen LogP contribution in [0, 0.1) is 0 Å². The third kappa shape index (κ3) is 5.89. The van der Waals surface area contributed by atoms with E-state index in [2.05, 4.69) is 20.6 Å². The van der Waals surface area contributed by atoms with Crippen LogP contribution >= 0.6 is 11.6 Å². The standard InChI is InChI=1S/C29H32ClN5O5/c1-17(27(37)33-25(16-36)18-4-3-5-22(12-18)39-2)35-15-20-7-6-19(13-23(20)28(35)38)26-24(30)14-31-29(34-26)32-21-8-10-40-11-9-21/h3-7,12-14,17,21,25,36H,8-11,15-16H2,1-2H3,(H,33,37)(H,31,32,34). The number of rotatable bonds is 9. The summed E-state index contributed by atoms with van der Waals surface area (Å²) in [6, 6.07) is 11.5. The SMILES string of the molecule is COc1cccc(C(CO)NC(=O)C(C)N2Cc3ccc(-c4nc(NC5CCOCC5)ncc4Cl)cc3C2=O)c1. The lowest BCUT2D eigenvalue weighted by Crippen LogP contribution is -2.46. The zero-order valence-corrected chi connectivity index (χ0v) is 23.1. The Kier molecular flexibility index (Phi) is 8.49. The summed E-state index contributed by atoms with van der Waals surface area (Å²) in [4.78, 5) is 37.1. The Labute approximate surface area is 237 Å². The van der Waals surface area contributed by atoms with Crippen molar-refractivity contribution in [2.24, 2.45) is 0 Å². The number of anilines is 1. The van der Waals surface area contributed by atoms with Crippen molar-refractivity contribution in [1.82, 2.24) is 20.2 Å². The lowest BCUT2D eigenvalue weighted by Gasteiger charge is -2.26. The van der Waals surface area contributed by atoms with E-state index in [-0.39, 0.29) is 24.5 Å². The second-order valence-electron chi connectivity index (χ2n) is 9.92. The normalized spacial score (nSPS) is 16.8. The predicted molar refractivity (Wildman–Crippen MR) is 150 cm³/mol. The van der Waals surface area contributed by atoms with Gasteiger partial charge in [-0.05, 0) is 49.1 Å². The minimum Gasteiger partial charge on any atom is -0.497 e. The smallest absolute Gasteiger partial charge is 0.255 e. The zero-order chi connectivity index (χ0) is 28.2. The number of fused-ring (bicyclic) bond motifs is 1. The molecular weight excluding hydrogens is 534 g/mol. The zero-order valence-electron chi connectivity index (χ0n) is 22.4. The number of aliphatic hydroxyl groups is 1. The van der Waals surface area contributed by atoms with E-state index < -0.39 is 12.1 Å². The molecule has 1 saturated heterocycles. The van der Waals surface area contributed by atoms with Gasteiger partial charge in [0.05, 0.1) is 36.7 Å². The fourth-order valence-electron chi connectivity index (χ4n) is 4.97. The molecular formula is C29H32ClN5O5. The van der Waals surface area contributed by atoms with E-state index in [9.17, 15) is 14.7 Å². The Balaban J connectivity index is 1.30. The predicted octanol–water partition coefficient (Wildman–Crippen LogP) is 3.59. The fraction of sp³-hybridized carbons (Fsp3) is 0.379. The van der Waals surface area contributed by atoms with Crippen molar-refractivity contribution in [3.05, 3.63) is 70.4 Å². The van der Waals surface area contributed by atoms with Crippen LogP contribution in [0.3, 0.4) is 0 Å². The van der Waals surface area contributed by atoms with Crippen LogP contribution < -0.4 is 15.4 Å². The Morgan fingerprint density at radius 2 is 2.05 bits per heavy atom. The monoisotopic (exact) mass is 565 g/mol. The molecule has 0 saturated carbocycles. The Morgan fingerprint density at radius 3 is 2.80 bits per heavy atom. The first-order valence-corrected chi connectivity index (χ1v) is 13.6. The number of nitrogens with one attached hydrogen (secondary N) is 2. The van der Waals surface area contributed by atoms with Crippen LogP contribution in [-0.4, -0.2) is 70.8 Å². The van der Waals surface area contributed by atoms with Crippen molar-refractivity contribution in [1.29, 1.82) is 0 Å². The molecule has 210 valence electrons. The number of ether oxygens (including phenoxy) is 2. The summed E-state index contributed by atoms with van der Waals surface area (Å²) in [6.45, 7) is 3.06. The summed E-state index contributed by atoms with van der Waals surface area (Å²) >= 11 is 6.46. The van der Waals surface area contributed by atoms with Gasteiger partial charge in [-0.1, -0.05) is 35.9 Å². The van der Waals surface area contributed by atoms with Gasteiger partial charge in [-0.2, -0.15) is 0 Å². The van der Waals surface area contributed by atoms with Gasteiger partial charge in [0.1, 0.15) is 11.8 Å². The van der Waals surface area contributed by atoms with Gasteiger partial charge in [-0.25, -0.2) is 9.97 Å². The molecule has 0 aliphatic carbocycles. The summed E-state index contributed by atoms with van der Waals surface area (Å²) < 4.78 is 10.7. The molecule has 2 unspecified atom stereocenters. The molecule has 2 aliphatic heterocycles. The molecule has 0 bridgehead atoms. The quantitative estimate of drug-likeness (QED) is 0.359. The highest BCUT2D eigenvalue weighted by Gasteiger charge is 2.35. The fourth-order valence-corrected chi connectivity index (χ4v) is 5.17. The molecule has 0 radical (unpaired) electrons. The summed E-state index contributed by atoms with van der Waals surface area (Å²) in [5.41, 5.74) is 3.22. The Bertz CT molecular complexity index is 1400. The third-order valence-corrected chi connectivity index (χ3v) is 7.63. The van der Waals surface area contributed by atoms with E-state index in [1.54, 1.807) is 50.6 Å². The second kappa shape index (κ2) is 12.2. The number of hydrogen-bond acceptors (Lipinski definition) is 8. The number of carbonyl (C=O) groups excluding carboxylic acids is 2. The largest absolute Gasteiger partial charge is 0.497 e. The number of carbonyl (C=O) groups is 2. The molecule has 1 fully saturated rings. The van der Waals surface area contributed by atoms with Crippen LogP contribution in [0.4, 0.5) is 5.95 Å². The number of aliphatic hydroxyl groups excluding tert-OH is 1. The molecule has 0 spiro atoms. The number of aromatic nitrogens is 2. The van der Waals surface area contributed by atoms with E-state index in [0.717, 1.165) is 18.4 Å². The van der Waals surface area contributed by atoms with Gasteiger partial charge in [0.25, 0.3) is 5.91 Å². The third-order valence-electron chi connectivity index (χ3n) is 7.36. The summed E-state index contributed by atoms with van der Waals surface area (Å²) in [5, 5.41) is 16.5. The number of methoxy groups -OCH3 is 1. The lowest BCUT2D eigenvalue weighted by molar-refractivity contribution is -0.126. The highest BCUT2D eigenvalue weighted by molar-refractivity contribution is 6.33. The molecule has 2 aromatic carbocycles.